The zero-order valence-electron chi connectivity index (χ0n) is 11.4. The number of ether oxygens (including phenoxy) is 1. The van der Waals surface area contributed by atoms with Gasteiger partial charge < -0.3 is 9.64 Å². The molecule has 0 saturated carbocycles. The lowest BCUT2D eigenvalue weighted by molar-refractivity contribution is 0.208. The van der Waals surface area contributed by atoms with Crippen LogP contribution in [-0.4, -0.2) is 12.6 Å². The largest absolute Gasteiger partial charge is 0.487 e. The van der Waals surface area contributed by atoms with Gasteiger partial charge in [0.1, 0.15) is 11.9 Å². The van der Waals surface area contributed by atoms with Crippen molar-refractivity contribution in [2.45, 2.75) is 26.0 Å². The first kappa shape index (κ1) is 12.1. The molecule has 1 aliphatic heterocycles. The highest BCUT2D eigenvalue weighted by Crippen LogP contribution is 2.37. The van der Waals surface area contributed by atoms with Crippen molar-refractivity contribution < 1.29 is 4.74 Å². The summed E-state index contributed by atoms with van der Waals surface area (Å²) in [6.45, 7) is 5.30. The van der Waals surface area contributed by atoms with E-state index in [1.807, 2.05) is 6.07 Å². The lowest BCUT2D eigenvalue weighted by atomic mass is 10.0. The second-order valence-corrected chi connectivity index (χ2v) is 5.14. The molecule has 2 atom stereocenters. The molecule has 19 heavy (non-hydrogen) atoms. The second-order valence-electron chi connectivity index (χ2n) is 5.14. The van der Waals surface area contributed by atoms with Crippen LogP contribution >= 0.6 is 0 Å². The molecule has 2 nitrogen and oxygen atoms in total. The summed E-state index contributed by atoms with van der Waals surface area (Å²) in [5, 5.41) is 0. The first-order valence-electron chi connectivity index (χ1n) is 6.83. The Morgan fingerprint density at radius 1 is 1.05 bits per heavy atom. The molecule has 2 heteroatoms. The maximum absolute atomic E-state index is 5.91. The summed E-state index contributed by atoms with van der Waals surface area (Å²) in [4.78, 5) is 2.43. The van der Waals surface area contributed by atoms with Gasteiger partial charge in [-0.25, -0.2) is 0 Å². The van der Waals surface area contributed by atoms with Crippen LogP contribution in [0.2, 0.25) is 0 Å². The van der Waals surface area contributed by atoms with Gasteiger partial charge in [-0.15, -0.1) is 0 Å². The quantitative estimate of drug-likeness (QED) is 0.801. The molecule has 1 heterocycles. The summed E-state index contributed by atoms with van der Waals surface area (Å²) in [7, 11) is 0. The van der Waals surface area contributed by atoms with Gasteiger partial charge in [0.05, 0.1) is 18.3 Å². The molecule has 2 unspecified atom stereocenters. The van der Waals surface area contributed by atoms with Crippen molar-refractivity contribution in [3.05, 3.63) is 60.2 Å². The van der Waals surface area contributed by atoms with Gasteiger partial charge in [-0.2, -0.15) is 0 Å². The maximum Gasteiger partial charge on any atom is 0.143 e. The van der Waals surface area contributed by atoms with Crippen molar-refractivity contribution in [2.75, 3.05) is 11.4 Å². The zero-order valence-corrected chi connectivity index (χ0v) is 11.4. The Morgan fingerprint density at radius 3 is 2.53 bits per heavy atom. The van der Waals surface area contributed by atoms with Crippen LogP contribution in [0.4, 0.5) is 5.69 Å². The third-order valence-electron chi connectivity index (χ3n) is 3.71. The van der Waals surface area contributed by atoms with Crippen molar-refractivity contribution in [3.63, 3.8) is 0 Å². The van der Waals surface area contributed by atoms with Crippen LogP contribution in [0.3, 0.4) is 0 Å². The minimum Gasteiger partial charge on any atom is -0.487 e. The smallest absolute Gasteiger partial charge is 0.143 e. The van der Waals surface area contributed by atoms with E-state index in [9.17, 15) is 0 Å². The van der Waals surface area contributed by atoms with Gasteiger partial charge in [0.25, 0.3) is 0 Å². The van der Waals surface area contributed by atoms with Crippen LogP contribution in [0, 0.1) is 0 Å². The van der Waals surface area contributed by atoms with Crippen molar-refractivity contribution >= 4 is 5.69 Å². The van der Waals surface area contributed by atoms with Crippen molar-refractivity contribution in [1.29, 1.82) is 0 Å². The fourth-order valence-corrected chi connectivity index (χ4v) is 2.70. The molecule has 0 spiro atoms. The van der Waals surface area contributed by atoms with Gasteiger partial charge in [0.2, 0.25) is 0 Å². The molecule has 2 aromatic rings. The SMILES string of the molecule is CC1CN(C(C)c2ccccc2)c2ccccc2O1. The van der Waals surface area contributed by atoms with Gasteiger partial charge in [-0.05, 0) is 31.5 Å². The zero-order chi connectivity index (χ0) is 13.2. The van der Waals surface area contributed by atoms with E-state index in [4.69, 9.17) is 4.74 Å². The minimum atomic E-state index is 0.223. The lowest BCUT2D eigenvalue weighted by Gasteiger charge is -2.39. The van der Waals surface area contributed by atoms with Gasteiger partial charge in [-0.3, -0.25) is 0 Å². The molecule has 0 radical (unpaired) electrons. The van der Waals surface area contributed by atoms with E-state index < -0.39 is 0 Å². The van der Waals surface area contributed by atoms with E-state index in [0.29, 0.717) is 6.04 Å². The van der Waals surface area contributed by atoms with E-state index >= 15 is 0 Å². The number of rotatable bonds is 2. The second kappa shape index (κ2) is 4.96. The number of fused-ring (bicyclic) bond motifs is 1. The first-order chi connectivity index (χ1) is 9.25. The van der Waals surface area contributed by atoms with Crippen LogP contribution in [0.15, 0.2) is 54.6 Å². The Kier molecular flexibility index (Phi) is 3.16. The summed E-state index contributed by atoms with van der Waals surface area (Å²) in [6, 6.07) is 19.3. The molecule has 0 fully saturated rings. The molecule has 3 rings (SSSR count). The van der Waals surface area contributed by atoms with E-state index in [1.165, 1.54) is 11.3 Å². The predicted molar refractivity (Wildman–Crippen MR) is 78.7 cm³/mol. The molecule has 2 aromatic carbocycles. The number of anilines is 1. The highest BCUT2D eigenvalue weighted by atomic mass is 16.5. The highest BCUT2D eigenvalue weighted by molar-refractivity contribution is 5.61. The number of para-hydroxylation sites is 2. The topological polar surface area (TPSA) is 12.5 Å². The molecule has 1 aliphatic rings. The molecule has 98 valence electrons. The van der Waals surface area contributed by atoms with Gasteiger partial charge in [0.15, 0.2) is 0 Å². The number of hydrogen-bond acceptors (Lipinski definition) is 2. The third-order valence-corrected chi connectivity index (χ3v) is 3.71. The summed E-state index contributed by atoms with van der Waals surface area (Å²) >= 11 is 0. The Labute approximate surface area is 114 Å². The summed E-state index contributed by atoms with van der Waals surface area (Å²) in [6.07, 6.45) is 0.223. The molecule has 0 saturated heterocycles. The van der Waals surface area contributed by atoms with Crippen LogP contribution < -0.4 is 9.64 Å². The van der Waals surface area contributed by atoms with Crippen LogP contribution in [0.5, 0.6) is 5.75 Å². The average Bonchev–Trinajstić information content (AvgIpc) is 2.46. The normalized spacial score (nSPS) is 19.5. The van der Waals surface area contributed by atoms with E-state index in [1.54, 1.807) is 0 Å². The van der Waals surface area contributed by atoms with Crippen LogP contribution in [0.25, 0.3) is 0 Å². The minimum absolute atomic E-state index is 0.223. The third kappa shape index (κ3) is 2.30. The predicted octanol–water partition coefficient (Wildman–Crippen LogP) is 4.04. The number of hydrogen-bond donors (Lipinski definition) is 0. The first-order valence-corrected chi connectivity index (χ1v) is 6.83. The highest BCUT2D eigenvalue weighted by Gasteiger charge is 2.26. The average molecular weight is 253 g/mol. The van der Waals surface area contributed by atoms with Crippen molar-refractivity contribution in [1.82, 2.24) is 0 Å². The number of benzene rings is 2. The fourth-order valence-electron chi connectivity index (χ4n) is 2.70. The molecular formula is C17H19NO. The molecular weight excluding hydrogens is 234 g/mol. The Hall–Kier alpha value is -1.96. The van der Waals surface area contributed by atoms with Crippen LogP contribution in [-0.2, 0) is 0 Å². The number of nitrogens with zero attached hydrogens (tertiary/aromatic N) is 1. The maximum atomic E-state index is 5.91. The molecule has 0 amide bonds. The van der Waals surface area contributed by atoms with Gasteiger partial charge in [0, 0.05) is 0 Å². The van der Waals surface area contributed by atoms with Crippen LogP contribution in [0.1, 0.15) is 25.5 Å². The van der Waals surface area contributed by atoms with E-state index in [-0.39, 0.29) is 6.10 Å². The molecule has 0 aromatic heterocycles. The Morgan fingerprint density at radius 2 is 1.74 bits per heavy atom. The van der Waals surface area contributed by atoms with Crippen molar-refractivity contribution in [2.24, 2.45) is 0 Å². The lowest BCUT2D eigenvalue weighted by Crippen LogP contribution is -2.39. The summed E-state index contributed by atoms with van der Waals surface area (Å²) in [5.74, 6) is 0.990. The monoisotopic (exact) mass is 253 g/mol. The molecule has 0 aliphatic carbocycles. The molecule has 0 bridgehead atoms. The van der Waals surface area contributed by atoms with E-state index in [2.05, 4.69) is 67.3 Å². The van der Waals surface area contributed by atoms with Gasteiger partial charge >= 0.3 is 0 Å². The fraction of sp³-hybridized carbons (Fsp3) is 0.294. The van der Waals surface area contributed by atoms with E-state index in [0.717, 1.165) is 12.3 Å². The molecule has 0 N–H and O–H groups in total. The summed E-state index contributed by atoms with van der Waals surface area (Å²) < 4.78 is 5.91. The van der Waals surface area contributed by atoms with Crippen molar-refractivity contribution in [3.8, 4) is 5.75 Å². The standard InChI is InChI=1S/C17H19NO/c1-13-12-18(14(2)15-8-4-3-5-9-15)16-10-6-7-11-17(16)19-13/h3-11,13-14H,12H2,1-2H3. The Balaban J connectivity index is 1.97. The Bertz CT molecular complexity index is 552. The van der Waals surface area contributed by atoms with Gasteiger partial charge in [-0.1, -0.05) is 42.5 Å². The summed E-state index contributed by atoms with van der Waals surface area (Å²) in [5.41, 5.74) is 2.53.